The van der Waals surface area contributed by atoms with Crippen molar-refractivity contribution < 1.29 is 0 Å². The number of hydrogen-bond donors (Lipinski definition) is 0. The molecule has 0 bridgehead atoms. The van der Waals surface area contributed by atoms with Crippen LogP contribution in [-0.2, 0) is 14.1 Å². The van der Waals surface area contributed by atoms with Crippen molar-refractivity contribution in [3.05, 3.63) is 206 Å². The van der Waals surface area contributed by atoms with Crippen molar-refractivity contribution in [1.29, 1.82) is 0 Å². The van der Waals surface area contributed by atoms with Crippen LogP contribution in [0.4, 0.5) is 0 Å². The smallest absolute Gasteiger partial charge is 0.0645 e. The van der Waals surface area contributed by atoms with Crippen molar-refractivity contribution >= 4 is 87.2 Å². The molecule has 6 aromatic heterocycles. The predicted molar refractivity (Wildman–Crippen MR) is 292 cm³/mol. The molecule has 1 aliphatic carbocycles. The lowest BCUT2D eigenvalue weighted by molar-refractivity contribution is 0.617. The Labute approximate surface area is 403 Å². The van der Waals surface area contributed by atoms with Gasteiger partial charge in [-0.25, -0.2) is 0 Å². The molecule has 70 heavy (non-hydrogen) atoms. The molecule has 0 amide bonds. The fourth-order valence-electron chi connectivity index (χ4n) is 12.5. The van der Waals surface area contributed by atoms with Gasteiger partial charge in [-0.05, 0) is 166 Å². The minimum atomic E-state index is 0.285. The molecule has 14 aromatic rings. The molecule has 1 aliphatic rings. The van der Waals surface area contributed by atoms with Gasteiger partial charge in [0.05, 0.1) is 45.8 Å². The van der Waals surface area contributed by atoms with Gasteiger partial charge < -0.3 is 18.3 Å². The topological polar surface area (TPSA) is 45.5 Å². The van der Waals surface area contributed by atoms with Gasteiger partial charge in [0, 0.05) is 91.6 Å². The minimum Gasteiger partial charge on any atom is -0.344 e. The van der Waals surface area contributed by atoms with E-state index >= 15 is 0 Å². The molecule has 6 heteroatoms. The molecule has 8 aromatic carbocycles. The van der Waals surface area contributed by atoms with Gasteiger partial charge in [-0.1, -0.05) is 74.5 Å². The summed E-state index contributed by atoms with van der Waals surface area (Å²) >= 11 is 0. The number of rotatable bonds is 4. The third-order valence-corrected chi connectivity index (χ3v) is 16.2. The number of aryl methyl sites for hydroxylation is 2. The molecule has 2 atom stereocenters. The Balaban J connectivity index is 0.949. The summed E-state index contributed by atoms with van der Waals surface area (Å²) < 4.78 is 9.44. The molecule has 0 radical (unpaired) electrons. The second-order valence-corrected chi connectivity index (χ2v) is 19.7. The summed E-state index contributed by atoms with van der Waals surface area (Å²) in [7, 11) is 4.33. The Bertz CT molecular complexity index is 4230. The molecule has 0 N–H and O–H groups in total. The molecule has 0 spiro atoms. The molecular weight excluding hydrogens is 853 g/mol. The van der Waals surface area contributed by atoms with Crippen LogP contribution in [-0.4, -0.2) is 28.2 Å². The van der Waals surface area contributed by atoms with Gasteiger partial charge in [0.25, 0.3) is 0 Å². The largest absolute Gasteiger partial charge is 0.344 e. The zero-order valence-electron chi connectivity index (χ0n) is 39.3. The maximum absolute atomic E-state index is 4.63. The van der Waals surface area contributed by atoms with Gasteiger partial charge in [-0.3, -0.25) is 9.97 Å². The van der Waals surface area contributed by atoms with Crippen molar-refractivity contribution in [2.45, 2.75) is 25.7 Å². The predicted octanol–water partition coefficient (Wildman–Crippen LogP) is 16.2. The Morgan fingerprint density at radius 2 is 0.686 bits per heavy atom. The molecule has 2 unspecified atom stereocenters. The van der Waals surface area contributed by atoms with E-state index in [1.165, 1.54) is 132 Å². The molecule has 0 fully saturated rings. The second kappa shape index (κ2) is 14.4. The zero-order valence-corrected chi connectivity index (χ0v) is 39.3. The summed E-state index contributed by atoms with van der Waals surface area (Å²) in [6.07, 6.45) is 7.70. The van der Waals surface area contributed by atoms with Gasteiger partial charge in [0.1, 0.15) is 0 Å². The Hall–Kier alpha value is -8.74. The third-order valence-electron chi connectivity index (χ3n) is 16.2. The number of aromatic nitrogens is 6. The van der Waals surface area contributed by atoms with Crippen molar-refractivity contribution in [3.63, 3.8) is 0 Å². The highest BCUT2D eigenvalue weighted by atomic mass is 15.0. The van der Waals surface area contributed by atoms with Crippen LogP contribution in [0.1, 0.15) is 36.8 Å². The highest BCUT2D eigenvalue weighted by Gasteiger charge is 2.31. The maximum atomic E-state index is 4.63. The van der Waals surface area contributed by atoms with Crippen LogP contribution in [0.15, 0.2) is 195 Å². The summed E-state index contributed by atoms with van der Waals surface area (Å²) in [5, 5.41) is 10.1. The van der Waals surface area contributed by atoms with E-state index in [2.05, 4.69) is 214 Å². The number of para-hydroxylation sites is 2. The molecule has 6 nitrogen and oxygen atoms in total. The van der Waals surface area contributed by atoms with Crippen molar-refractivity contribution in [1.82, 2.24) is 28.2 Å². The van der Waals surface area contributed by atoms with Crippen molar-refractivity contribution in [2.24, 2.45) is 14.1 Å². The van der Waals surface area contributed by atoms with Crippen LogP contribution < -0.4 is 0 Å². The van der Waals surface area contributed by atoms with Gasteiger partial charge >= 0.3 is 0 Å². The maximum Gasteiger partial charge on any atom is 0.0645 e. The van der Waals surface area contributed by atoms with Gasteiger partial charge in [-0.2, -0.15) is 0 Å². The first kappa shape index (κ1) is 39.3. The van der Waals surface area contributed by atoms with Crippen molar-refractivity contribution in [2.75, 3.05) is 0 Å². The molecule has 0 saturated heterocycles. The fraction of sp³-hybridized carbons (Fsp3) is 0.0938. The van der Waals surface area contributed by atoms with E-state index in [-0.39, 0.29) is 11.8 Å². The Morgan fingerprint density at radius 1 is 0.329 bits per heavy atom. The van der Waals surface area contributed by atoms with Crippen LogP contribution in [0.3, 0.4) is 0 Å². The molecular formula is C64H46N6. The van der Waals surface area contributed by atoms with Crippen LogP contribution in [0, 0.1) is 0 Å². The lowest BCUT2D eigenvalue weighted by Gasteiger charge is -2.32. The molecule has 0 saturated carbocycles. The monoisotopic (exact) mass is 898 g/mol. The minimum absolute atomic E-state index is 0.285. The van der Waals surface area contributed by atoms with E-state index in [0.29, 0.717) is 0 Å². The Morgan fingerprint density at radius 3 is 1.09 bits per heavy atom. The lowest BCUT2D eigenvalue weighted by Crippen LogP contribution is -2.13. The van der Waals surface area contributed by atoms with Gasteiger partial charge in [0.2, 0.25) is 0 Å². The highest BCUT2D eigenvalue weighted by Crippen LogP contribution is 2.52. The van der Waals surface area contributed by atoms with Crippen molar-refractivity contribution in [3.8, 4) is 44.8 Å². The van der Waals surface area contributed by atoms with E-state index < -0.39 is 0 Å². The van der Waals surface area contributed by atoms with E-state index in [4.69, 9.17) is 0 Å². The van der Waals surface area contributed by atoms with Gasteiger partial charge in [0.15, 0.2) is 0 Å². The standard InChI is InChI=1S/C64H46N6/c1-37-38(2)48-32-56-54-30-42(40-18-22-60-52(28-40)46-14-6-8-16-58(46)68(60)4)20-24-62(54)70(44-12-10-26-66-36-44)64(56)34-50(48)49-33-63-55(31-47(37)49)53-29-41(19-23-61(53)69(63)43-11-9-25-65-35-43)39-17-21-59-51(27-39)45-13-5-7-15-57(45)67(59)3/h5-38H,1-4H3. The summed E-state index contributed by atoms with van der Waals surface area (Å²) in [6, 6.07) is 63.8. The summed E-state index contributed by atoms with van der Waals surface area (Å²) in [5.74, 6) is 0.570. The fourth-order valence-corrected chi connectivity index (χ4v) is 12.5. The third kappa shape index (κ3) is 5.39. The van der Waals surface area contributed by atoms with E-state index in [1.54, 1.807) is 0 Å². The first-order valence-electron chi connectivity index (χ1n) is 24.4. The number of nitrogens with zero attached hydrogens (tertiary/aromatic N) is 6. The average Bonchev–Trinajstić information content (AvgIpc) is 4.10. The first-order chi connectivity index (χ1) is 34.4. The van der Waals surface area contributed by atoms with E-state index in [0.717, 1.165) is 11.4 Å². The second-order valence-electron chi connectivity index (χ2n) is 19.7. The quantitative estimate of drug-likeness (QED) is 0.177. The number of hydrogen-bond acceptors (Lipinski definition) is 2. The normalized spacial score (nSPS) is 14.9. The highest BCUT2D eigenvalue weighted by molar-refractivity contribution is 6.16. The average molecular weight is 899 g/mol. The van der Waals surface area contributed by atoms with Crippen LogP contribution in [0.25, 0.3) is 132 Å². The molecule has 0 aliphatic heterocycles. The summed E-state index contributed by atoms with van der Waals surface area (Å²) in [6.45, 7) is 4.85. The first-order valence-corrected chi connectivity index (χ1v) is 24.4. The van der Waals surface area contributed by atoms with Crippen LogP contribution in [0.2, 0.25) is 0 Å². The van der Waals surface area contributed by atoms with Gasteiger partial charge in [-0.15, -0.1) is 0 Å². The molecule has 6 heterocycles. The molecule has 15 rings (SSSR count). The zero-order chi connectivity index (χ0) is 46.5. The number of pyridine rings is 2. The Kier molecular flexibility index (Phi) is 8.07. The van der Waals surface area contributed by atoms with E-state index in [9.17, 15) is 0 Å². The number of benzene rings is 8. The summed E-state index contributed by atoms with van der Waals surface area (Å²) in [4.78, 5) is 9.27. The molecule has 332 valence electrons. The number of fused-ring (bicyclic) bond motifs is 15. The lowest BCUT2D eigenvalue weighted by atomic mass is 9.72. The summed E-state index contributed by atoms with van der Waals surface area (Å²) in [5.41, 5.74) is 22.0. The SMILES string of the molecule is CC1c2cc3c4cc(-c5ccc6c(c5)c5ccccc5n6C)ccc4n(-c4cccnc4)c3cc2-c2cc3c(cc2C1C)c1cc(-c2ccc4c(c2)c2ccccc2n4C)ccc1n3-c1cccnc1. The van der Waals surface area contributed by atoms with Crippen LogP contribution in [0.5, 0.6) is 0 Å². The van der Waals surface area contributed by atoms with Crippen LogP contribution >= 0.6 is 0 Å². The van der Waals surface area contributed by atoms with E-state index in [1.807, 2.05) is 36.9 Å².